The quantitative estimate of drug-likeness (QED) is 0.528. The minimum absolute atomic E-state index is 0.0101. The first-order valence-corrected chi connectivity index (χ1v) is 10.0. The van der Waals surface area contributed by atoms with Gasteiger partial charge in [-0.2, -0.15) is 5.10 Å². The summed E-state index contributed by atoms with van der Waals surface area (Å²) in [6, 6.07) is 15.3. The van der Waals surface area contributed by atoms with Crippen molar-refractivity contribution in [3.63, 3.8) is 0 Å². The molecule has 1 aromatic carbocycles. The maximum atomic E-state index is 13.0. The monoisotopic (exact) mass is 399 g/mol. The lowest BCUT2D eigenvalue weighted by atomic mass is 10.0. The molecule has 1 amide bonds. The number of carbonyl (C=O) groups is 1. The summed E-state index contributed by atoms with van der Waals surface area (Å²) < 4.78 is 3.35. The van der Waals surface area contributed by atoms with E-state index in [1.54, 1.807) is 44.6 Å². The van der Waals surface area contributed by atoms with Crippen LogP contribution in [-0.4, -0.2) is 36.5 Å². The van der Waals surface area contributed by atoms with Crippen molar-refractivity contribution >= 4 is 11.6 Å². The first-order valence-electron chi connectivity index (χ1n) is 10.0. The maximum absolute atomic E-state index is 13.0. The van der Waals surface area contributed by atoms with Crippen LogP contribution in [0.25, 0.3) is 5.65 Å². The third kappa shape index (κ3) is 3.50. The van der Waals surface area contributed by atoms with Crippen LogP contribution in [0.15, 0.2) is 71.9 Å². The van der Waals surface area contributed by atoms with Crippen LogP contribution in [-0.2, 0) is 25.9 Å². The highest BCUT2D eigenvalue weighted by molar-refractivity contribution is 5.93. The highest BCUT2D eigenvalue weighted by Crippen LogP contribution is 2.19. The number of benzene rings is 1. The number of carbonyl (C=O) groups excluding carboxylic acids is 1. The van der Waals surface area contributed by atoms with Crippen LogP contribution >= 0.6 is 0 Å². The number of aromatic nitrogens is 4. The van der Waals surface area contributed by atoms with Gasteiger partial charge in [-0.15, -0.1) is 0 Å². The van der Waals surface area contributed by atoms with Gasteiger partial charge < -0.3 is 9.47 Å². The molecule has 0 atom stereocenters. The lowest BCUT2D eigenvalue weighted by Crippen LogP contribution is -2.37. The molecular formula is C23H21N5O2. The molecule has 150 valence electrons. The first-order chi connectivity index (χ1) is 14.7. The van der Waals surface area contributed by atoms with Crippen LogP contribution in [0, 0.1) is 0 Å². The molecule has 1 aliphatic rings. The summed E-state index contributed by atoms with van der Waals surface area (Å²) in [7, 11) is 0. The molecule has 5 rings (SSSR count). The summed E-state index contributed by atoms with van der Waals surface area (Å²) >= 11 is 0. The molecule has 4 aromatic rings. The molecule has 0 bridgehead atoms. The Labute approximate surface area is 173 Å². The number of hydrogen-bond donors (Lipinski definition) is 0. The second-order valence-electron chi connectivity index (χ2n) is 7.52. The molecule has 0 fully saturated rings. The molecule has 30 heavy (non-hydrogen) atoms. The van der Waals surface area contributed by atoms with Gasteiger partial charge in [0.2, 0.25) is 0 Å². The summed E-state index contributed by atoms with van der Waals surface area (Å²) in [5, 5.41) is 4.35. The minimum atomic E-state index is -0.117. The van der Waals surface area contributed by atoms with E-state index < -0.39 is 0 Å². The Morgan fingerprint density at radius 2 is 1.93 bits per heavy atom. The van der Waals surface area contributed by atoms with E-state index in [9.17, 15) is 9.59 Å². The average Bonchev–Trinajstić information content (AvgIpc) is 3.22. The lowest BCUT2D eigenvalue weighted by molar-refractivity contribution is 0.0728. The minimum Gasteiger partial charge on any atom is -0.333 e. The molecular weight excluding hydrogens is 378 g/mol. The lowest BCUT2D eigenvalue weighted by Gasteiger charge is -2.28. The van der Waals surface area contributed by atoms with Crippen molar-refractivity contribution in [3.8, 4) is 0 Å². The Balaban J connectivity index is 1.36. The van der Waals surface area contributed by atoms with Crippen LogP contribution in [0.2, 0.25) is 0 Å². The van der Waals surface area contributed by atoms with Gasteiger partial charge in [-0.3, -0.25) is 9.59 Å². The fourth-order valence-electron chi connectivity index (χ4n) is 3.91. The van der Waals surface area contributed by atoms with Crippen LogP contribution in [0.3, 0.4) is 0 Å². The number of pyridine rings is 1. The predicted molar refractivity (Wildman–Crippen MR) is 112 cm³/mol. The standard InChI is InChI=1S/C23H21N5O2/c29-22-13-18-8-12-27(23(30)20-14-21-24-9-4-10-28(21)25-20)16-19(18)15-26(22)11-7-17-5-2-1-3-6-17/h1-6,9-10,13-15H,7-8,11-12,16H2. The Bertz CT molecular complexity index is 1240. The van der Waals surface area contributed by atoms with Crippen molar-refractivity contribution in [2.45, 2.75) is 25.9 Å². The predicted octanol–water partition coefficient (Wildman–Crippen LogP) is 2.33. The second-order valence-corrected chi connectivity index (χ2v) is 7.52. The number of fused-ring (bicyclic) bond motifs is 2. The largest absolute Gasteiger partial charge is 0.333 e. The van der Waals surface area contributed by atoms with Gasteiger partial charge in [0, 0.05) is 50.4 Å². The highest BCUT2D eigenvalue weighted by Gasteiger charge is 2.24. The Morgan fingerprint density at radius 1 is 1.07 bits per heavy atom. The van der Waals surface area contributed by atoms with E-state index in [1.807, 2.05) is 24.4 Å². The van der Waals surface area contributed by atoms with E-state index >= 15 is 0 Å². The molecule has 0 aliphatic carbocycles. The molecule has 0 saturated carbocycles. The normalized spacial score (nSPS) is 13.4. The van der Waals surface area contributed by atoms with Crippen molar-refractivity contribution in [3.05, 3.63) is 99.9 Å². The third-order valence-electron chi connectivity index (χ3n) is 5.54. The van der Waals surface area contributed by atoms with Crippen molar-refractivity contribution in [1.29, 1.82) is 0 Å². The van der Waals surface area contributed by atoms with Gasteiger partial charge >= 0.3 is 0 Å². The zero-order valence-electron chi connectivity index (χ0n) is 16.4. The molecule has 0 radical (unpaired) electrons. The fraction of sp³-hybridized carbons (Fsp3) is 0.217. The summed E-state index contributed by atoms with van der Waals surface area (Å²) in [6.07, 6.45) is 6.82. The van der Waals surface area contributed by atoms with Gasteiger partial charge in [-0.05, 0) is 35.6 Å². The number of aryl methyl sites for hydroxylation is 2. The fourth-order valence-corrected chi connectivity index (χ4v) is 3.91. The van der Waals surface area contributed by atoms with Crippen LogP contribution in [0.1, 0.15) is 27.2 Å². The molecule has 3 aromatic heterocycles. The molecule has 4 heterocycles. The molecule has 1 aliphatic heterocycles. The number of amides is 1. The Hall–Kier alpha value is -3.74. The Kier molecular flexibility index (Phi) is 4.63. The smallest absolute Gasteiger partial charge is 0.274 e. The van der Waals surface area contributed by atoms with Gasteiger partial charge in [-0.25, -0.2) is 9.50 Å². The van der Waals surface area contributed by atoms with E-state index in [1.165, 1.54) is 5.56 Å². The highest BCUT2D eigenvalue weighted by atomic mass is 16.2. The van der Waals surface area contributed by atoms with Gasteiger partial charge in [-0.1, -0.05) is 30.3 Å². The van der Waals surface area contributed by atoms with Crippen molar-refractivity contribution in [2.75, 3.05) is 6.54 Å². The maximum Gasteiger partial charge on any atom is 0.274 e. The molecule has 0 spiro atoms. The van der Waals surface area contributed by atoms with Crippen LogP contribution < -0.4 is 5.56 Å². The van der Waals surface area contributed by atoms with Gasteiger partial charge in [0.25, 0.3) is 11.5 Å². The van der Waals surface area contributed by atoms with Gasteiger partial charge in [0.1, 0.15) is 0 Å². The summed E-state index contributed by atoms with van der Waals surface area (Å²) in [5.74, 6) is -0.117. The van der Waals surface area contributed by atoms with Crippen molar-refractivity contribution < 1.29 is 4.79 Å². The third-order valence-corrected chi connectivity index (χ3v) is 5.54. The van der Waals surface area contributed by atoms with E-state index in [2.05, 4.69) is 22.2 Å². The van der Waals surface area contributed by atoms with E-state index in [0.29, 0.717) is 37.4 Å². The van der Waals surface area contributed by atoms with Crippen LogP contribution in [0.4, 0.5) is 0 Å². The van der Waals surface area contributed by atoms with Crippen molar-refractivity contribution in [1.82, 2.24) is 24.1 Å². The molecule has 0 N–H and O–H groups in total. The number of nitrogens with zero attached hydrogens (tertiary/aromatic N) is 5. The van der Waals surface area contributed by atoms with Crippen LogP contribution in [0.5, 0.6) is 0 Å². The first kappa shape index (κ1) is 18.3. The van der Waals surface area contributed by atoms with Crippen molar-refractivity contribution in [2.24, 2.45) is 0 Å². The zero-order chi connectivity index (χ0) is 20.5. The Morgan fingerprint density at radius 3 is 2.77 bits per heavy atom. The zero-order valence-corrected chi connectivity index (χ0v) is 16.4. The molecule has 0 saturated heterocycles. The summed E-state index contributed by atoms with van der Waals surface area (Å²) in [6.45, 7) is 1.66. The molecule has 7 nitrogen and oxygen atoms in total. The number of hydrogen-bond acceptors (Lipinski definition) is 4. The summed E-state index contributed by atoms with van der Waals surface area (Å²) in [4.78, 5) is 31.5. The molecule has 0 unspecified atom stereocenters. The number of rotatable bonds is 4. The van der Waals surface area contributed by atoms with E-state index in [0.717, 1.165) is 17.5 Å². The van der Waals surface area contributed by atoms with E-state index in [-0.39, 0.29) is 11.5 Å². The van der Waals surface area contributed by atoms with E-state index in [4.69, 9.17) is 0 Å². The topological polar surface area (TPSA) is 72.5 Å². The molecule has 7 heteroatoms. The SMILES string of the molecule is O=C(c1cc2ncccn2n1)N1CCc2cc(=O)n(CCc3ccccc3)cc2C1. The second kappa shape index (κ2) is 7.59. The van der Waals surface area contributed by atoms with Gasteiger partial charge in [0.05, 0.1) is 0 Å². The summed E-state index contributed by atoms with van der Waals surface area (Å²) in [5.41, 5.74) is 4.28. The average molecular weight is 399 g/mol. The van der Waals surface area contributed by atoms with Gasteiger partial charge in [0.15, 0.2) is 11.3 Å².